The number of para-hydroxylation sites is 2. The largest absolute Gasteiger partial charge is 0.495 e. The van der Waals surface area contributed by atoms with Crippen molar-refractivity contribution in [2.45, 2.75) is 20.8 Å². The Bertz CT molecular complexity index is 686. The monoisotopic (exact) mass is 316 g/mol. The third kappa shape index (κ3) is 3.65. The molecule has 0 saturated heterocycles. The quantitative estimate of drug-likeness (QED) is 0.460. The highest BCUT2D eigenvalue weighted by Gasteiger charge is 2.08. The molecule has 22 heavy (non-hydrogen) atoms. The lowest BCUT2D eigenvalue weighted by atomic mass is 10.1. The van der Waals surface area contributed by atoms with Crippen LogP contribution in [0, 0.1) is 13.8 Å². The number of methoxy groups -OCH3 is 1. The molecule has 1 aromatic carbocycles. The van der Waals surface area contributed by atoms with Gasteiger partial charge in [-0.3, -0.25) is 5.43 Å². The van der Waals surface area contributed by atoms with E-state index in [4.69, 9.17) is 17.0 Å². The van der Waals surface area contributed by atoms with Crippen LogP contribution in [0.4, 0.5) is 5.69 Å². The first kappa shape index (κ1) is 16.0. The molecule has 0 unspecified atom stereocenters. The molecule has 2 aromatic rings. The lowest BCUT2D eigenvalue weighted by Gasteiger charge is -2.11. The molecular weight excluding hydrogens is 296 g/mol. The highest BCUT2D eigenvalue weighted by Crippen LogP contribution is 2.22. The summed E-state index contributed by atoms with van der Waals surface area (Å²) in [5.41, 5.74) is 7.88. The molecule has 0 aliphatic heterocycles. The second kappa shape index (κ2) is 7.09. The van der Waals surface area contributed by atoms with Crippen molar-refractivity contribution in [2.24, 2.45) is 5.10 Å². The summed E-state index contributed by atoms with van der Waals surface area (Å²) in [4.78, 5) is 3.19. The summed E-state index contributed by atoms with van der Waals surface area (Å²) in [5.74, 6) is 0.727. The number of anilines is 1. The molecule has 3 N–H and O–H groups in total. The molecule has 0 amide bonds. The van der Waals surface area contributed by atoms with Crippen LogP contribution < -0.4 is 15.5 Å². The van der Waals surface area contributed by atoms with Crippen molar-refractivity contribution >= 4 is 28.7 Å². The van der Waals surface area contributed by atoms with E-state index >= 15 is 0 Å². The van der Waals surface area contributed by atoms with Crippen LogP contribution in [0.5, 0.6) is 5.75 Å². The molecule has 0 aliphatic rings. The number of benzene rings is 1. The van der Waals surface area contributed by atoms with Crippen molar-refractivity contribution in [2.75, 3.05) is 12.4 Å². The van der Waals surface area contributed by atoms with Gasteiger partial charge >= 0.3 is 0 Å². The fraction of sp³-hybridized carbons (Fsp3) is 0.250. The Hall–Kier alpha value is -2.34. The molecular formula is C16H20N4OS. The number of hydrazone groups is 1. The van der Waals surface area contributed by atoms with Gasteiger partial charge in [-0.1, -0.05) is 12.1 Å². The van der Waals surface area contributed by atoms with Gasteiger partial charge in [0.05, 0.1) is 18.5 Å². The number of nitrogens with zero attached hydrogens (tertiary/aromatic N) is 1. The Morgan fingerprint density at radius 3 is 2.64 bits per heavy atom. The van der Waals surface area contributed by atoms with Crippen LogP contribution in [0.1, 0.15) is 23.7 Å². The lowest BCUT2D eigenvalue weighted by molar-refractivity contribution is 0.417. The molecule has 0 bridgehead atoms. The van der Waals surface area contributed by atoms with Gasteiger partial charge in [-0.15, -0.1) is 0 Å². The zero-order chi connectivity index (χ0) is 16.1. The number of nitrogens with one attached hydrogen (secondary N) is 3. The van der Waals surface area contributed by atoms with Crippen molar-refractivity contribution in [3.05, 3.63) is 47.3 Å². The molecule has 0 aliphatic carbocycles. The Labute approximate surface area is 135 Å². The van der Waals surface area contributed by atoms with Crippen molar-refractivity contribution in [3.63, 3.8) is 0 Å². The molecule has 0 saturated carbocycles. The smallest absolute Gasteiger partial charge is 0.191 e. The molecule has 0 radical (unpaired) electrons. The standard InChI is InChI=1S/C16H20N4OS/c1-10-9-17-11(2)15(10)12(3)19-20-16(22)18-13-7-5-6-8-14(13)21-4/h5-9,17H,1-4H3,(H2,18,20,22)/b19-12+. The molecule has 5 nitrogen and oxygen atoms in total. The third-order valence-corrected chi connectivity index (χ3v) is 3.51. The number of aromatic nitrogens is 1. The van der Waals surface area contributed by atoms with Gasteiger partial charge in [0.1, 0.15) is 5.75 Å². The van der Waals surface area contributed by atoms with Gasteiger partial charge in [0.2, 0.25) is 0 Å². The van der Waals surface area contributed by atoms with Crippen molar-refractivity contribution in [1.82, 2.24) is 10.4 Å². The van der Waals surface area contributed by atoms with Crippen LogP contribution in [-0.4, -0.2) is 22.9 Å². The molecule has 0 spiro atoms. The molecule has 1 aromatic heterocycles. The minimum Gasteiger partial charge on any atom is -0.495 e. The Kier molecular flexibility index (Phi) is 5.16. The second-order valence-corrected chi connectivity index (χ2v) is 5.34. The lowest BCUT2D eigenvalue weighted by Crippen LogP contribution is -2.25. The summed E-state index contributed by atoms with van der Waals surface area (Å²) in [6.07, 6.45) is 1.97. The van der Waals surface area contributed by atoms with E-state index in [2.05, 4.69) is 20.8 Å². The fourth-order valence-corrected chi connectivity index (χ4v) is 2.46. The topological polar surface area (TPSA) is 61.4 Å². The minimum atomic E-state index is 0.412. The first-order valence-electron chi connectivity index (χ1n) is 6.92. The average Bonchev–Trinajstić information content (AvgIpc) is 2.84. The van der Waals surface area contributed by atoms with Gasteiger partial charge in [-0.25, -0.2) is 0 Å². The van der Waals surface area contributed by atoms with Gasteiger partial charge in [-0.05, 0) is 50.7 Å². The maximum atomic E-state index is 5.27. The van der Waals surface area contributed by atoms with Crippen LogP contribution >= 0.6 is 12.2 Å². The molecule has 0 fully saturated rings. The van der Waals surface area contributed by atoms with E-state index in [-0.39, 0.29) is 0 Å². The highest BCUT2D eigenvalue weighted by atomic mass is 32.1. The first-order chi connectivity index (χ1) is 10.5. The predicted molar refractivity (Wildman–Crippen MR) is 94.8 cm³/mol. The van der Waals surface area contributed by atoms with Crippen LogP contribution in [0.2, 0.25) is 0 Å². The van der Waals surface area contributed by atoms with Gasteiger partial charge in [0.25, 0.3) is 0 Å². The summed E-state index contributed by atoms with van der Waals surface area (Å²) in [5, 5.41) is 7.83. The number of hydrogen-bond donors (Lipinski definition) is 3. The number of thiocarbonyl (C=S) groups is 1. The van der Waals surface area contributed by atoms with E-state index < -0.39 is 0 Å². The highest BCUT2D eigenvalue weighted by molar-refractivity contribution is 7.80. The van der Waals surface area contributed by atoms with E-state index in [1.54, 1.807) is 7.11 Å². The zero-order valence-corrected chi connectivity index (χ0v) is 14.0. The molecule has 2 rings (SSSR count). The molecule has 116 valence electrons. The Morgan fingerprint density at radius 2 is 2.00 bits per heavy atom. The summed E-state index contributed by atoms with van der Waals surface area (Å²) in [6.45, 7) is 6.01. The summed E-state index contributed by atoms with van der Waals surface area (Å²) >= 11 is 5.26. The number of hydrogen-bond acceptors (Lipinski definition) is 3. The number of ether oxygens (including phenoxy) is 1. The van der Waals surface area contributed by atoms with E-state index in [0.29, 0.717) is 5.11 Å². The van der Waals surface area contributed by atoms with E-state index in [1.165, 1.54) is 0 Å². The van der Waals surface area contributed by atoms with Crippen LogP contribution in [0.15, 0.2) is 35.6 Å². The van der Waals surface area contributed by atoms with Crippen molar-refractivity contribution in [1.29, 1.82) is 0 Å². The van der Waals surface area contributed by atoms with Gasteiger partial charge in [0.15, 0.2) is 5.11 Å². The van der Waals surface area contributed by atoms with Crippen molar-refractivity contribution < 1.29 is 4.74 Å². The van der Waals surface area contributed by atoms with Crippen molar-refractivity contribution in [3.8, 4) is 5.75 Å². The number of aromatic amines is 1. The van der Waals surface area contributed by atoms with Gasteiger partial charge < -0.3 is 15.0 Å². The summed E-state index contributed by atoms with van der Waals surface area (Å²) < 4.78 is 5.27. The SMILES string of the molecule is COc1ccccc1NC(=S)N/N=C(\C)c1c(C)c[nH]c1C. The Balaban J connectivity index is 2.05. The van der Waals surface area contributed by atoms with E-state index in [0.717, 1.165) is 34.0 Å². The maximum Gasteiger partial charge on any atom is 0.191 e. The van der Waals surface area contributed by atoms with E-state index in [1.807, 2.05) is 51.2 Å². The zero-order valence-electron chi connectivity index (χ0n) is 13.2. The minimum absolute atomic E-state index is 0.412. The predicted octanol–water partition coefficient (Wildman–Crippen LogP) is 3.35. The Morgan fingerprint density at radius 1 is 1.27 bits per heavy atom. The van der Waals surface area contributed by atoms with Gasteiger partial charge in [-0.2, -0.15) is 5.10 Å². The van der Waals surface area contributed by atoms with Gasteiger partial charge in [0, 0.05) is 17.5 Å². The number of aryl methyl sites for hydroxylation is 2. The maximum absolute atomic E-state index is 5.27. The molecule has 6 heteroatoms. The molecule has 1 heterocycles. The average molecular weight is 316 g/mol. The van der Waals surface area contributed by atoms with Crippen LogP contribution in [0.3, 0.4) is 0 Å². The second-order valence-electron chi connectivity index (χ2n) is 4.94. The van der Waals surface area contributed by atoms with Crippen LogP contribution in [-0.2, 0) is 0 Å². The summed E-state index contributed by atoms with van der Waals surface area (Å²) in [6, 6.07) is 7.57. The first-order valence-corrected chi connectivity index (χ1v) is 7.33. The third-order valence-electron chi connectivity index (χ3n) is 3.32. The normalized spacial score (nSPS) is 11.2. The summed E-state index contributed by atoms with van der Waals surface area (Å²) in [7, 11) is 1.62. The molecule has 0 atom stereocenters. The van der Waals surface area contributed by atoms with E-state index in [9.17, 15) is 0 Å². The number of H-pyrrole nitrogens is 1. The number of rotatable bonds is 4. The fourth-order valence-electron chi connectivity index (χ4n) is 2.30. The van der Waals surface area contributed by atoms with Crippen LogP contribution in [0.25, 0.3) is 0 Å².